The first kappa shape index (κ1) is 14.6. The van der Waals surface area contributed by atoms with Crippen LogP contribution in [0.15, 0.2) is 0 Å². The lowest BCUT2D eigenvalue weighted by molar-refractivity contribution is -0.0972. The smallest absolute Gasteiger partial charge is 0.205 e. The van der Waals surface area contributed by atoms with Gasteiger partial charge in [-0.2, -0.15) is 0 Å². The van der Waals surface area contributed by atoms with E-state index in [1.807, 2.05) is 6.92 Å². The number of nitrogens with zero attached hydrogens (tertiary/aromatic N) is 3. The molecule has 1 aromatic rings. The van der Waals surface area contributed by atoms with Gasteiger partial charge in [-0.25, -0.2) is 0 Å². The van der Waals surface area contributed by atoms with Gasteiger partial charge < -0.3 is 15.2 Å². The van der Waals surface area contributed by atoms with Crippen molar-refractivity contribution in [1.82, 2.24) is 15.1 Å². The van der Waals surface area contributed by atoms with E-state index in [1.165, 1.54) is 0 Å². The van der Waals surface area contributed by atoms with E-state index in [4.69, 9.17) is 4.74 Å². The summed E-state index contributed by atoms with van der Waals surface area (Å²) in [5.74, 6) is 0. The highest BCUT2D eigenvalue weighted by molar-refractivity contribution is 7.15. The molecule has 0 spiro atoms. The molecule has 7 heteroatoms. The summed E-state index contributed by atoms with van der Waals surface area (Å²) in [6.45, 7) is 7.54. The molecule has 0 amide bonds. The number of nitrogens with one attached hydrogen (secondary N) is 1. The van der Waals surface area contributed by atoms with E-state index in [0.29, 0.717) is 0 Å². The van der Waals surface area contributed by atoms with Crippen LogP contribution in [0.5, 0.6) is 0 Å². The Labute approximate surface area is 117 Å². The number of aromatic nitrogens is 2. The molecule has 2 atom stereocenters. The van der Waals surface area contributed by atoms with Crippen LogP contribution in [-0.2, 0) is 11.3 Å². The van der Waals surface area contributed by atoms with Gasteiger partial charge in [-0.05, 0) is 13.3 Å². The lowest BCUT2D eigenvalue weighted by atomic mass is 10.2. The van der Waals surface area contributed by atoms with Gasteiger partial charge >= 0.3 is 0 Å². The van der Waals surface area contributed by atoms with Crippen molar-refractivity contribution in [2.24, 2.45) is 0 Å². The molecule has 1 aliphatic heterocycles. The van der Waals surface area contributed by atoms with E-state index in [2.05, 4.69) is 27.3 Å². The first-order valence-corrected chi connectivity index (χ1v) is 7.57. The van der Waals surface area contributed by atoms with Crippen LogP contribution >= 0.6 is 11.3 Å². The summed E-state index contributed by atoms with van der Waals surface area (Å²) in [6.07, 6.45) is 1.14. The summed E-state index contributed by atoms with van der Waals surface area (Å²) in [5.41, 5.74) is 0. The Morgan fingerprint density at radius 2 is 2.32 bits per heavy atom. The fourth-order valence-electron chi connectivity index (χ4n) is 2.18. The summed E-state index contributed by atoms with van der Waals surface area (Å²) in [6, 6.07) is 0. The molecule has 0 radical (unpaired) electrons. The van der Waals surface area contributed by atoms with Crippen LogP contribution in [0.25, 0.3) is 0 Å². The highest BCUT2D eigenvalue weighted by Crippen LogP contribution is 2.19. The SMILES string of the molecule is CCCNc1nnc(CN2CC(C)OC(CO)C2)s1. The minimum absolute atomic E-state index is 0.0697. The second-order valence-electron chi connectivity index (χ2n) is 4.87. The molecule has 1 aromatic heterocycles. The van der Waals surface area contributed by atoms with Gasteiger partial charge in [0, 0.05) is 19.6 Å². The maximum atomic E-state index is 9.21. The maximum Gasteiger partial charge on any atom is 0.205 e. The first-order chi connectivity index (χ1) is 9.21. The summed E-state index contributed by atoms with van der Waals surface area (Å²) in [5, 5.41) is 22.7. The molecule has 0 bridgehead atoms. The third kappa shape index (κ3) is 4.38. The largest absolute Gasteiger partial charge is 0.394 e. The fraction of sp³-hybridized carbons (Fsp3) is 0.833. The molecule has 0 aliphatic carbocycles. The van der Waals surface area contributed by atoms with Crippen LogP contribution in [0.2, 0.25) is 0 Å². The second kappa shape index (κ2) is 7.14. The molecule has 19 heavy (non-hydrogen) atoms. The van der Waals surface area contributed by atoms with Gasteiger partial charge in [0.15, 0.2) is 0 Å². The molecule has 2 rings (SSSR count). The number of aliphatic hydroxyl groups excluding tert-OH is 1. The highest BCUT2D eigenvalue weighted by Gasteiger charge is 2.25. The number of aliphatic hydroxyl groups is 1. The number of rotatable bonds is 6. The molecular weight excluding hydrogens is 264 g/mol. The van der Waals surface area contributed by atoms with Crippen molar-refractivity contribution in [3.8, 4) is 0 Å². The summed E-state index contributed by atoms with van der Waals surface area (Å²) in [4.78, 5) is 2.26. The van der Waals surface area contributed by atoms with Gasteiger partial charge in [-0.15, -0.1) is 10.2 Å². The zero-order valence-electron chi connectivity index (χ0n) is 11.5. The van der Waals surface area contributed by atoms with Gasteiger partial charge in [0.25, 0.3) is 0 Å². The number of hydrogen-bond donors (Lipinski definition) is 2. The van der Waals surface area contributed by atoms with E-state index < -0.39 is 0 Å². The average molecular weight is 286 g/mol. The quantitative estimate of drug-likeness (QED) is 0.811. The van der Waals surface area contributed by atoms with E-state index in [0.717, 1.165) is 42.7 Å². The minimum atomic E-state index is -0.0886. The molecule has 0 saturated carbocycles. The molecule has 0 aromatic carbocycles. The Bertz CT molecular complexity index is 388. The van der Waals surface area contributed by atoms with Gasteiger partial charge in [-0.3, -0.25) is 4.90 Å². The predicted octanol–water partition coefficient (Wildman–Crippen LogP) is 0.942. The number of morpholine rings is 1. The molecule has 1 aliphatic rings. The van der Waals surface area contributed by atoms with Crippen molar-refractivity contribution in [1.29, 1.82) is 0 Å². The van der Waals surface area contributed by atoms with E-state index in [-0.39, 0.29) is 18.8 Å². The Morgan fingerprint density at radius 3 is 3.05 bits per heavy atom. The number of ether oxygens (including phenoxy) is 1. The van der Waals surface area contributed by atoms with Crippen molar-refractivity contribution in [2.75, 3.05) is 31.6 Å². The van der Waals surface area contributed by atoms with Crippen LogP contribution in [0, 0.1) is 0 Å². The second-order valence-corrected chi connectivity index (χ2v) is 5.94. The summed E-state index contributed by atoms with van der Waals surface area (Å²) >= 11 is 1.60. The van der Waals surface area contributed by atoms with Gasteiger partial charge in [0.1, 0.15) is 5.01 Å². The van der Waals surface area contributed by atoms with Crippen molar-refractivity contribution in [3.05, 3.63) is 5.01 Å². The van der Waals surface area contributed by atoms with Crippen molar-refractivity contribution in [3.63, 3.8) is 0 Å². The molecule has 6 nitrogen and oxygen atoms in total. The molecule has 108 valence electrons. The predicted molar refractivity (Wildman–Crippen MR) is 75.4 cm³/mol. The summed E-state index contributed by atoms with van der Waals surface area (Å²) in [7, 11) is 0. The zero-order valence-corrected chi connectivity index (χ0v) is 12.3. The number of anilines is 1. The zero-order chi connectivity index (χ0) is 13.7. The molecule has 2 heterocycles. The molecule has 2 N–H and O–H groups in total. The van der Waals surface area contributed by atoms with Crippen LogP contribution in [0.4, 0.5) is 5.13 Å². The van der Waals surface area contributed by atoms with Gasteiger partial charge in [0.2, 0.25) is 5.13 Å². The Kier molecular flexibility index (Phi) is 5.50. The van der Waals surface area contributed by atoms with Crippen LogP contribution in [-0.4, -0.2) is 58.7 Å². The lowest BCUT2D eigenvalue weighted by Gasteiger charge is -2.35. The summed E-state index contributed by atoms with van der Waals surface area (Å²) < 4.78 is 5.63. The number of hydrogen-bond acceptors (Lipinski definition) is 7. The molecule has 1 saturated heterocycles. The first-order valence-electron chi connectivity index (χ1n) is 6.76. The average Bonchev–Trinajstić information content (AvgIpc) is 2.83. The van der Waals surface area contributed by atoms with Crippen LogP contribution in [0.3, 0.4) is 0 Å². The van der Waals surface area contributed by atoms with E-state index in [1.54, 1.807) is 11.3 Å². The third-order valence-corrected chi connectivity index (χ3v) is 3.82. The topological polar surface area (TPSA) is 70.5 Å². The molecular formula is C12H22N4O2S. The highest BCUT2D eigenvalue weighted by atomic mass is 32.1. The molecule has 2 unspecified atom stereocenters. The molecule has 1 fully saturated rings. The van der Waals surface area contributed by atoms with Gasteiger partial charge in [-0.1, -0.05) is 18.3 Å². The van der Waals surface area contributed by atoms with Crippen molar-refractivity contribution >= 4 is 16.5 Å². The maximum absolute atomic E-state index is 9.21. The lowest BCUT2D eigenvalue weighted by Crippen LogP contribution is -2.47. The third-order valence-electron chi connectivity index (χ3n) is 2.96. The standard InChI is InChI=1S/C12H22N4O2S/c1-3-4-13-12-15-14-11(19-12)7-16-5-9(2)18-10(6-16)8-17/h9-10,17H,3-8H2,1-2H3,(H,13,15). The monoisotopic (exact) mass is 286 g/mol. The Morgan fingerprint density at radius 1 is 1.47 bits per heavy atom. The fourth-order valence-corrected chi connectivity index (χ4v) is 2.99. The van der Waals surface area contributed by atoms with Crippen LogP contribution < -0.4 is 5.32 Å². The van der Waals surface area contributed by atoms with Crippen molar-refractivity contribution < 1.29 is 9.84 Å². The van der Waals surface area contributed by atoms with E-state index in [9.17, 15) is 5.11 Å². The van der Waals surface area contributed by atoms with E-state index >= 15 is 0 Å². The van der Waals surface area contributed by atoms with Crippen LogP contribution in [0.1, 0.15) is 25.3 Å². The van der Waals surface area contributed by atoms with Gasteiger partial charge in [0.05, 0.1) is 25.4 Å². The van der Waals surface area contributed by atoms with Crippen molar-refractivity contribution in [2.45, 2.75) is 39.0 Å². The Hall–Kier alpha value is -0.760. The minimum Gasteiger partial charge on any atom is -0.394 e. The normalized spacial score (nSPS) is 24.6. The Balaban J connectivity index is 1.87.